The lowest BCUT2D eigenvalue weighted by Crippen LogP contribution is -2.43. The van der Waals surface area contributed by atoms with Gasteiger partial charge in [0.1, 0.15) is 16.5 Å². The van der Waals surface area contributed by atoms with Crippen molar-refractivity contribution in [3.8, 4) is 0 Å². The van der Waals surface area contributed by atoms with E-state index in [2.05, 4.69) is 21.5 Å². The second kappa shape index (κ2) is 10.8. The summed E-state index contributed by atoms with van der Waals surface area (Å²) < 4.78 is 60.1. The summed E-state index contributed by atoms with van der Waals surface area (Å²) in [5.41, 5.74) is 0.688. The van der Waals surface area contributed by atoms with Crippen LogP contribution >= 0.6 is 0 Å². The number of hydrogen-bond acceptors (Lipinski definition) is 5. The van der Waals surface area contributed by atoms with E-state index >= 15 is 0 Å². The molecular weight excluding hydrogens is 440 g/mol. The standard InChI is InChI=1S/C22H25F2N3O4S/c1-2-8-26-32(29,30)21-14-17(6-7-19(21)24)22(28)25-15-20(27-9-11-31-12-10-27)16-4-3-5-18(23)13-16/h2-7,13-14,20,26H,1,8-12,15H2,(H,25,28). The van der Waals surface area contributed by atoms with E-state index in [9.17, 15) is 22.0 Å². The van der Waals surface area contributed by atoms with Gasteiger partial charge in [-0.15, -0.1) is 6.58 Å². The number of sulfonamides is 1. The number of rotatable bonds is 9. The lowest BCUT2D eigenvalue weighted by atomic mass is 10.0. The SMILES string of the molecule is C=CCNS(=O)(=O)c1cc(C(=O)NCC(c2cccc(F)c2)N2CCOCC2)ccc1F. The molecule has 2 N–H and O–H groups in total. The van der Waals surface area contributed by atoms with Gasteiger partial charge in [-0.05, 0) is 35.9 Å². The number of nitrogens with zero attached hydrogens (tertiary/aromatic N) is 1. The number of carbonyl (C=O) groups excluding carboxylic acids is 1. The van der Waals surface area contributed by atoms with E-state index in [1.54, 1.807) is 12.1 Å². The zero-order chi connectivity index (χ0) is 23.1. The summed E-state index contributed by atoms with van der Waals surface area (Å²) >= 11 is 0. The number of carbonyl (C=O) groups is 1. The summed E-state index contributed by atoms with van der Waals surface area (Å²) in [5, 5.41) is 2.76. The lowest BCUT2D eigenvalue weighted by molar-refractivity contribution is 0.0162. The van der Waals surface area contributed by atoms with Crippen molar-refractivity contribution in [1.29, 1.82) is 0 Å². The predicted molar refractivity (Wildman–Crippen MR) is 116 cm³/mol. The van der Waals surface area contributed by atoms with Crippen LogP contribution in [-0.4, -0.2) is 58.6 Å². The van der Waals surface area contributed by atoms with Crippen LogP contribution in [0.4, 0.5) is 8.78 Å². The van der Waals surface area contributed by atoms with Crippen molar-refractivity contribution in [2.45, 2.75) is 10.9 Å². The fourth-order valence-electron chi connectivity index (χ4n) is 3.45. The van der Waals surface area contributed by atoms with Crippen LogP contribution in [0.25, 0.3) is 0 Å². The molecule has 0 spiro atoms. The summed E-state index contributed by atoms with van der Waals surface area (Å²) in [6.45, 7) is 5.77. The van der Waals surface area contributed by atoms with Crippen molar-refractivity contribution in [3.05, 3.63) is 77.9 Å². The number of morpholine rings is 1. The Hall–Kier alpha value is -2.66. The van der Waals surface area contributed by atoms with Crippen LogP contribution in [0.5, 0.6) is 0 Å². The first-order valence-electron chi connectivity index (χ1n) is 10.1. The Bertz CT molecular complexity index is 1070. The summed E-state index contributed by atoms with van der Waals surface area (Å²) in [7, 11) is -4.15. The van der Waals surface area contributed by atoms with Gasteiger partial charge < -0.3 is 10.1 Å². The third-order valence-corrected chi connectivity index (χ3v) is 6.52. The molecule has 10 heteroatoms. The van der Waals surface area contributed by atoms with E-state index in [0.29, 0.717) is 31.9 Å². The van der Waals surface area contributed by atoms with E-state index in [1.165, 1.54) is 24.3 Å². The highest BCUT2D eigenvalue weighted by atomic mass is 32.2. The van der Waals surface area contributed by atoms with Crippen molar-refractivity contribution in [2.24, 2.45) is 0 Å². The molecule has 1 aliphatic rings. The quantitative estimate of drug-likeness (QED) is 0.555. The van der Waals surface area contributed by atoms with E-state index in [1.807, 2.05) is 0 Å². The third-order valence-electron chi connectivity index (χ3n) is 5.08. The van der Waals surface area contributed by atoms with Crippen LogP contribution < -0.4 is 10.0 Å². The van der Waals surface area contributed by atoms with Gasteiger partial charge in [0, 0.05) is 31.7 Å². The fourth-order valence-corrected chi connectivity index (χ4v) is 4.55. The molecular formula is C22H25F2N3O4S. The molecule has 0 radical (unpaired) electrons. The Balaban J connectivity index is 1.79. The molecule has 0 saturated carbocycles. The van der Waals surface area contributed by atoms with Gasteiger partial charge in [0.2, 0.25) is 10.0 Å². The maximum absolute atomic E-state index is 14.1. The Morgan fingerprint density at radius 2 is 1.94 bits per heavy atom. The van der Waals surface area contributed by atoms with Gasteiger partial charge in [0.15, 0.2) is 0 Å². The maximum atomic E-state index is 14.1. The molecule has 1 unspecified atom stereocenters. The molecule has 2 aromatic rings. The minimum absolute atomic E-state index is 0.00894. The van der Waals surface area contributed by atoms with Crippen LogP contribution in [0.1, 0.15) is 22.0 Å². The van der Waals surface area contributed by atoms with Crippen molar-refractivity contribution in [2.75, 3.05) is 39.4 Å². The van der Waals surface area contributed by atoms with Gasteiger partial charge >= 0.3 is 0 Å². The molecule has 0 aliphatic carbocycles. The number of ether oxygens (including phenoxy) is 1. The highest BCUT2D eigenvalue weighted by molar-refractivity contribution is 7.89. The Morgan fingerprint density at radius 1 is 1.19 bits per heavy atom. The first kappa shape index (κ1) is 24.0. The van der Waals surface area contributed by atoms with Crippen molar-refractivity contribution in [3.63, 3.8) is 0 Å². The molecule has 2 aromatic carbocycles. The Labute approximate surface area is 186 Å². The van der Waals surface area contributed by atoms with Crippen LogP contribution in [0, 0.1) is 11.6 Å². The fraction of sp³-hybridized carbons (Fsp3) is 0.318. The number of halogens is 2. The largest absolute Gasteiger partial charge is 0.379 e. The van der Waals surface area contributed by atoms with Gasteiger partial charge in [-0.2, -0.15) is 0 Å². The van der Waals surface area contributed by atoms with Crippen LogP contribution in [0.3, 0.4) is 0 Å². The normalized spacial score (nSPS) is 15.8. The topological polar surface area (TPSA) is 87.7 Å². The van der Waals surface area contributed by atoms with Crippen LogP contribution in [0.15, 0.2) is 60.0 Å². The summed E-state index contributed by atoms with van der Waals surface area (Å²) in [5.74, 6) is -1.92. The molecule has 1 aliphatic heterocycles. The second-order valence-corrected chi connectivity index (χ2v) is 8.95. The summed E-state index contributed by atoms with van der Waals surface area (Å²) in [6, 6.07) is 8.97. The van der Waals surface area contributed by atoms with Gasteiger partial charge in [0.05, 0.1) is 19.3 Å². The maximum Gasteiger partial charge on any atom is 0.251 e. The second-order valence-electron chi connectivity index (χ2n) is 7.21. The zero-order valence-corrected chi connectivity index (χ0v) is 18.2. The highest BCUT2D eigenvalue weighted by Crippen LogP contribution is 2.23. The Kier molecular flexibility index (Phi) is 8.08. The van der Waals surface area contributed by atoms with Crippen molar-refractivity contribution >= 4 is 15.9 Å². The molecule has 1 amide bonds. The number of nitrogens with one attached hydrogen (secondary N) is 2. The third kappa shape index (κ3) is 5.98. The average Bonchev–Trinajstić information content (AvgIpc) is 2.78. The van der Waals surface area contributed by atoms with E-state index in [-0.39, 0.29) is 30.5 Å². The molecule has 172 valence electrons. The average molecular weight is 466 g/mol. The molecule has 32 heavy (non-hydrogen) atoms. The molecule has 1 saturated heterocycles. The molecule has 1 heterocycles. The smallest absolute Gasteiger partial charge is 0.251 e. The summed E-state index contributed by atoms with van der Waals surface area (Å²) in [6.07, 6.45) is 1.32. The zero-order valence-electron chi connectivity index (χ0n) is 17.4. The van der Waals surface area contributed by atoms with Crippen LogP contribution in [-0.2, 0) is 14.8 Å². The lowest BCUT2D eigenvalue weighted by Gasteiger charge is -2.35. The van der Waals surface area contributed by atoms with Gasteiger partial charge in [-0.3, -0.25) is 9.69 Å². The van der Waals surface area contributed by atoms with Crippen LogP contribution in [0.2, 0.25) is 0 Å². The molecule has 0 aromatic heterocycles. The number of amides is 1. The Morgan fingerprint density at radius 3 is 2.62 bits per heavy atom. The number of benzene rings is 2. The molecule has 0 bridgehead atoms. The van der Waals surface area contributed by atoms with E-state index < -0.39 is 26.6 Å². The molecule has 7 nitrogen and oxygen atoms in total. The van der Waals surface area contributed by atoms with Gasteiger partial charge in [0.25, 0.3) is 5.91 Å². The first-order chi connectivity index (χ1) is 15.3. The minimum Gasteiger partial charge on any atom is -0.379 e. The highest BCUT2D eigenvalue weighted by Gasteiger charge is 2.25. The molecule has 3 rings (SSSR count). The van der Waals surface area contributed by atoms with Crippen molar-refractivity contribution in [1.82, 2.24) is 14.9 Å². The van der Waals surface area contributed by atoms with E-state index in [0.717, 1.165) is 12.1 Å². The predicted octanol–water partition coefficient (Wildman–Crippen LogP) is 2.23. The van der Waals surface area contributed by atoms with Crippen molar-refractivity contribution < 1.29 is 26.7 Å². The monoisotopic (exact) mass is 465 g/mol. The number of hydrogen-bond donors (Lipinski definition) is 2. The molecule has 1 fully saturated rings. The van der Waals surface area contributed by atoms with Gasteiger partial charge in [-0.25, -0.2) is 21.9 Å². The van der Waals surface area contributed by atoms with E-state index in [4.69, 9.17) is 4.74 Å². The van der Waals surface area contributed by atoms with Gasteiger partial charge in [-0.1, -0.05) is 18.2 Å². The summed E-state index contributed by atoms with van der Waals surface area (Å²) in [4.78, 5) is 14.2. The molecule has 1 atom stereocenters. The minimum atomic E-state index is -4.15. The first-order valence-corrected chi connectivity index (χ1v) is 11.6.